The highest BCUT2D eigenvalue weighted by molar-refractivity contribution is 7.17. The number of hydroxylamine groups is 1. The second-order valence-electron chi connectivity index (χ2n) is 9.64. The molecule has 3 heterocycles. The summed E-state index contributed by atoms with van der Waals surface area (Å²) in [6.45, 7) is 3.96. The predicted molar refractivity (Wildman–Crippen MR) is 141 cm³/mol. The van der Waals surface area contributed by atoms with Gasteiger partial charge in [0.15, 0.2) is 6.10 Å². The first-order valence-corrected chi connectivity index (χ1v) is 13.6. The number of amides is 2. The van der Waals surface area contributed by atoms with E-state index in [1.54, 1.807) is 12.0 Å². The number of carbonyl (C=O) groups is 3. The Hall–Kier alpha value is -3.49. The van der Waals surface area contributed by atoms with Gasteiger partial charge in [0.2, 0.25) is 5.91 Å². The van der Waals surface area contributed by atoms with Crippen molar-refractivity contribution in [2.45, 2.75) is 51.7 Å². The third-order valence-corrected chi connectivity index (χ3v) is 8.72. The number of imide groups is 1. The zero-order valence-corrected chi connectivity index (χ0v) is 21.6. The summed E-state index contributed by atoms with van der Waals surface area (Å²) in [5.41, 5.74) is 3.98. The Kier molecular flexibility index (Phi) is 6.09. The number of carbonyl (C=O) groups excluding carboxylic acids is 3. The van der Waals surface area contributed by atoms with Gasteiger partial charge in [-0.15, -0.1) is 11.3 Å². The summed E-state index contributed by atoms with van der Waals surface area (Å²) >= 11 is 1.37. The monoisotopic (exact) mass is 516 g/mol. The molecule has 0 spiro atoms. The van der Waals surface area contributed by atoms with E-state index in [9.17, 15) is 14.4 Å². The lowest BCUT2D eigenvalue weighted by molar-refractivity contribution is -0.126. The summed E-state index contributed by atoms with van der Waals surface area (Å²) in [7, 11) is 0. The van der Waals surface area contributed by atoms with Gasteiger partial charge in [-0.1, -0.05) is 48.5 Å². The van der Waals surface area contributed by atoms with E-state index in [4.69, 9.17) is 9.57 Å². The van der Waals surface area contributed by atoms with Crippen LogP contribution in [0.2, 0.25) is 0 Å². The van der Waals surface area contributed by atoms with Gasteiger partial charge in [-0.05, 0) is 62.3 Å². The van der Waals surface area contributed by atoms with Crippen LogP contribution in [0.5, 0.6) is 0 Å². The van der Waals surface area contributed by atoms with E-state index in [-0.39, 0.29) is 12.5 Å². The quantitative estimate of drug-likeness (QED) is 0.344. The molecule has 0 radical (unpaired) electrons. The normalized spacial score (nSPS) is 22.8. The molecule has 3 atom stereocenters. The van der Waals surface area contributed by atoms with E-state index in [1.807, 2.05) is 61.5 Å². The number of para-hydroxylation sites is 1. The summed E-state index contributed by atoms with van der Waals surface area (Å²) in [5, 5.41) is 2.10. The molecule has 8 heteroatoms. The van der Waals surface area contributed by atoms with Crippen molar-refractivity contribution in [3.8, 4) is 0 Å². The maximum atomic E-state index is 14.1. The number of aryl methyl sites for hydroxylation is 2. The fourth-order valence-corrected chi connectivity index (χ4v) is 7.13. The molecule has 2 fully saturated rings. The zero-order valence-electron chi connectivity index (χ0n) is 20.8. The van der Waals surface area contributed by atoms with Crippen LogP contribution in [0.3, 0.4) is 0 Å². The largest absolute Gasteiger partial charge is 0.462 e. The van der Waals surface area contributed by atoms with Crippen LogP contribution < -0.4 is 9.96 Å². The number of esters is 1. The fourth-order valence-electron chi connectivity index (χ4n) is 5.75. The van der Waals surface area contributed by atoms with Crippen molar-refractivity contribution in [2.75, 3.05) is 16.6 Å². The molecule has 0 unspecified atom stereocenters. The topological polar surface area (TPSA) is 76.2 Å². The van der Waals surface area contributed by atoms with Gasteiger partial charge in [-0.2, -0.15) is 0 Å². The van der Waals surface area contributed by atoms with Gasteiger partial charge in [-0.25, -0.2) is 14.8 Å². The van der Waals surface area contributed by atoms with Crippen LogP contribution in [0.15, 0.2) is 54.6 Å². The molecule has 1 aromatic heterocycles. The van der Waals surface area contributed by atoms with Gasteiger partial charge in [0.05, 0.1) is 23.9 Å². The number of hydrogen-bond acceptors (Lipinski definition) is 7. The van der Waals surface area contributed by atoms with Crippen molar-refractivity contribution in [1.82, 2.24) is 0 Å². The number of benzene rings is 2. The molecule has 2 amide bonds. The molecule has 1 aliphatic carbocycles. The van der Waals surface area contributed by atoms with Gasteiger partial charge < -0.3 is 4.74 Å². The second-order valence-corrected chi connectivity index (χ2v) is 10.7. The van der Waals surface area contributed by atoms with Crippen molar-refractivity contribution < 1.29 is 24.0 Å². The summed E-state index contributed by atoms with van der Waals surface area (Å²) in [6.07, 6.45) is 2.58. The number of anilines is 2. The molecule has 2 aromatic carbocycles. The molecular weight excluding hydrogens is 488 g/mol. The first-order valence-electron chi connectivity index (χ1n) is 12.8. The van der Waals surface area contributed by atoms with Gasteiger partial charge in [0, 0.05) is 4.88 Å². The predicted octanol–water partition coefficient (Wildman–Crippen LogP) is 5.16. The van der Waals surface area contributed by atoms with E-state index in [0.29, 0.717) is 10.6 Å². The van der Waals surface area contributed by atoms with E-state index in [1.165, 1.54) is 16.2 Å². The average molecular weight is 517 g/mol. The highest BCUT2D eigenvalue weighted by Gasteiger charge is 2.61. The van der Waals surface area contributed by atoms with Crippen LogP contribution >= 0.6 is 11.3 Å². The van der Waals surface area contributed by atoms with Gasteiger partial charge in [-0.3, -0.25) is 14.4 Å². The first kappa shape index (κ1) is 23.9. The van der Waals surface area contributed by atoms with E-state index in [0.717, 1.165) is 52.9 Å². The molecule has 190 valence electrons. The minimum absolute atomic E-state index is 0.223. The molecular formula is C29H28N2O5S. The fraction of sp³-hybridized carbons (Fsp3) is 0.345. The van der Waals surface area contributed by atoms with Crippen molar-refractivity contribution in [1.29, 1.82) is 0 Å². The Labute approximate surface area is 219 Å². The van der Waals surface area contributed by atoms with Crippen molar-refractivity contribution in [2.24, 2.45) is 5.92 Å². The maximum absolute atomic E-state index is 14.1. The van der Waals surface area contributed by atoms with E-state index in [2.05, 4.69) is 0 Å². The highest BCUT2D eigenvalue weighted by atomic mass is 32.1. The van der Waals surface area contributed by atoms with Gasteiger partial charge in [0.25, 0.3) is 5.91 Å². The minimum atomic E-state index is -0.980. The summed E-state index contributed by atoms with van der Waals surface area (Å²) in [6, 6.07) is 17.0. The van der Waals surface area contributed by atoms with Crippen molar-refractivity contribution >= 4 is 39.8 Å². The van der Waals surface area contributed by atoms with Crippen LogP contribution in [-0.4, -0.2) is 30.5 Å². The zero-order chi connectivity index (χ0) is 25.7. The van der Waals surface area contributed by atoms with E-state index < -0.39 is 29.9 Å². The molecule has 37 heavy (non-hydrogen) atoms. The number of rotatable bonds is 5. The lowest BCUT2D eigenvalue weighted by Crippen LogP contribution is -2.38. The SMILES string of the molecule is CCOC(=O)c1c(N2C(=O)[C@H]3[C@@H](c4ccccc4)N(c4ccccc4C)O[C@H]3C2=O)sc2c1CCCC2. The number of thiophene rings is 1. The maximum Gasteiger partial charge on any atom is 0.341 e. The number of ether oxygens (including phenoxy) is 1. The molecule has 6 rings (SSSR count). The molecule has 3 aromatic rings. The van der Waals surface area contributed by atoms with E-state index >= 15 is 0 Å². The van der Waals surface area contributed by atoms with Crippen molar-refractivity contribution in [3.05, 3.63) is 81.7 Å². The molecule has 0 N–H and O–H groups in total. The number of hydrogen-bond donors (Lipinski definition) is 0. The molecule has 2 saturated heterocycles. The Bertz CT molecular complexity index is 1380. The Balaban J connectivity index is 1.45. The molecule has 7 nitrogen and oxygen atoms in total. The van der Waals surface area contributed by atoms with Crippen molar-refractivity contribution in [3.63, 3.8) is 0 Å². The Morgan fingerprint density at radius 1 is 1.03 bits per heavy atom. The van der Waals surface area contributed by atoms with Crippen LogP contribution in [0.25, 0.3) is 0 Å². The average Bonchev–Trinajstić information content (AvgIpc) is 3.55. The van der Waals surface area contributed by atoms with Crippen LogP contribution in [-0.2, 0) is 32.0 Å². The van der Waals surface area contributed by atoms with Gasteiger partial charge >= 0.3 is 5.97 Å². The Morgan fingerprint density at radius 3 is 2.51 bits per heavy atom. The molecule has 0 bridgehead atoms. The van der Waals surface area contributed by atoms with Crippen LogP contribution in [0, 0.1) is 12.8 Å². The number of fused-ring (bicyclic) bond motifs is 2. The molecule has 2 aliphatic heterocycles. The van der Waals surface area contributed by atoms with Gasteiger partial charge in [0.1, 0.15) is 10.9 Å². The number of nitrogens with zero attached hydrogens (tertiary/aromatic N) is 2. The van der Waals surface area contributed by atoms with Crippen LogP contribution in [0.1, 0.15) is 57.7 Å². The van der Waals surface area contributed by atoms with Crippen LogP contribution in [0.4, 0.5) is 10.7 Å². The summed E-state index contributed by atoms with van der Waals surface area (Å²) in [4.78, 5) is 49.7. The lowest BCUT2D eigenvalue weighted by Gasteiger charge is -2.29. The molecule has 0 saturated carbocycles. The summed E-state index contributed by atoms with van der Waals surface area (Å²) < 4.78 is 5.37. The standard InChI is InChI=1S/C29H28N2O5S/c1-3-35-29(34)22-19-14-8-10-16-21(19)37-28(22)30-26(32)23-24(18-12-5-4-6-13-18)31(36-25(23)27(30)33)20-15-9-7-11-17(20)2/h4-7,9,11-13,15,23-25H,3,8,10,14,16H2,1-2H3/t23-,24+,25+/m0/s1. The second kappa shape index (κ2) is 9.43. The minimum Gasteiger partial charge on any atom is -0.462 e. The highest BCUT2D eigenvalue weighted by Crippen LogP contribution is 2.50. The smallest absolute Gasteiger partial charge is 0.341 e. The third kappa shape index (κ3) is 3.78. The Morgan fingerprint density at radius 2 is 1.76 bits per heavy atom. The summed E-state index contributed by atoms with van der Waals surface area (Å²) in [5.74, 6) is -2.00. The molecule has 3 aliphatic rings. The third-order valence-electron chi connectivity index (χ3n) is 7.44. The lowest BCUT2D eigenvalue weighted by atomic mass is 9.90. The first-order chi connectivity index (χ1) is 18.0.